The molecule has 8 atom stereocenters. The van der Waals surface area contributed by atoms with Crippen LogP contribution in [-0.2, 0) is 46.4 Å². The summed E-state index contributed by atoms with van der Waals surface area (Å²) < 4.78 is 29.2. The highest BCUT2D eigenvalue weighted by Crippen LogP contribution is 2.35. The summed E-state index contributed by atoms with van der Waals surface area (Å²) in [4.78, 5) is 47.8. The molecule has 2 fully saturated rings. The third kappa shape index (κ3) is 10.5. The molecule has 1 unspecified atom stereocenters. The van der Waals surface area contributed by atoms with E-state index in [-0.39, 0.29) is 32.5 Å². The van der Waals surface area contributed by atoms with E-state index in [1.165, 1.54) is 4.90 Å². The SMILES string of the molecule is CC(=O)O[C@@H]1[C@@H](OC(C)=O)[C@H](N=[N+]=[N-])C[C@H](N=[N+]=[N-])[C@H]1O[C@H]1O[C@H](CN(Cc2ccccc2)C(=O)OCc2ccccc2)CCC1N=[N+]=[N-]. The molecule has 0 bridgehead atoms. The van der Waals surface area contributed by atoms with Crippen LogP contribution < -0.4 is 0 Å². The van der Waals surface area contributed by atoms with E-state index < -0.39 is 66.9 Å². The Kier molecular flexibility index (Phi) is 13.5. The third-order valence-corrected chi connectivity index (χ3v) is 7.91. The van der Waals surface area contributed by atoms with Crippen molar-refractivity contribution in [3.05, 3.63) is 103 Å². The second kappa shape index (κ2) is 18.2. The predicted molar refractivity (Wildman–Crippen MR) is 171 cm³/mol. The highest BCUT2D eigenvalue weighted by atomic mass is 16.7. The Bertz CT molecular complexity index is 1580. The maximum absolute atomic E-state index is 13.4. The van der Waals surface area contributed by atoms with Crippen LogP contribution in [-0.4, -0.2) is 78.3 Å². The number of carbonyl (C=O) groups excluding carboxylic acids is 3. The summed E-state index contributed by atoms with van der Waals surface area (Å²) in [5, 5.41) is 11.3. The predicted octanol–water partition coefficient (Wildman–Crippen LogP) is 6.02. The van der Waals surface area contributed by atoms with E-state index >= 15 is 0 Å². The Morgan fingerprint density at radius 3 is 1.92 bits per heavy atom. The minimum Gasteiger partial charge on any atom is -0.458 e. The molecule has 0 radical (unpaired) electrons. The van der Waals surface area contributed by atoms with E-state index in [0.29, 0.717) is 6.42 Å². The molecular weight excluding hydrogens is 640 g/mol. The van der Waals surface area contributed by atoms with E-state index in [0.717, 1.165) is 25.0 Å². The van der Waals surface area contributed by atoms with E-state index in [1.54, 1.807) is 0 Å². The largest absolute Gasteiger partial charge is 0.458 e. The Balaban J connectivity index is 1.60. The molecule has 1 aliphatic heterocycles. The molecular formula is C31H36N10O8. The molecule has 0 aromatic heterocycles. The van der Waals surface area contributed by atoms with Crippen molar-refractivity contribution < 1.29 is 38.1 Å². The molecule has 1 heterocycles. The van der Waals surface area contributed by atoms with Gasteiger partial charge in [-0.05, 0) is 47.0 Å². The van der Waals surface area contributed by atoms with Gasteiger partial charge in [0.25, 0.3) is 0 Å². The fourth-order valence-electron chi connectivity index (χ4n) is 5.83. The first-order valence-corrected chi connectivity index (χ1v) is 15.5. The van der Waals surface area contributed by atoms with Gasteiger partial charge in [0.05, 0.1) is 30.8 Å². The standard InChI is InChI=1S/C31H36N10O8/c1-19(42)46-27-25(36-39-33)15-26(37-40-34)28(29(27)47-20(2)43)49-30-24(35-38-32)14-13-23(48-30)17-41(16-21-9-5-3-6-10-21)31(44)45-18-22-11-7-4-8-12-22/h3-12,23-30H,13-18H2,1-2H3/t23-,24?,25+,26-,27-,28+,29+,30+/m0/s1. The summed E-state index contributed by atoms with van der Waals surface area (Å²) in [6.45, 7) is 2.59. The Morgan fingerprint density at radius 2 is 1.33 bits per heavy atom. The minimum absolute atomic E-state index is 0.0571. The number of benzene rings is 2. The van der Waals surface area contributed by atoms with Crippen molar-refractivity contribution in [2.24, 2.45) is 15.3 Å². The molecule has 1 saturated heterocycles. The Labute approximate surface area is 281 Å². The number of hydrogen-bond donors (Lipinski definition) is 0. The Morgan fingerprint density at radius 1 is 0.776 bits per heavy atom. The highest BCUT2D eigenvalue weighted by Gasteiger charge is 2.51. The van der Waals surface area contributed by atoms with Gasteiger partial charge < -0.3 is 28.6 Å². The van der Waals surface area contributed by atoms with Crippen LogP contribution >= 0.6 is 0 Å². The van der Waals surface area contributed by atoms with Crippen molar-refractivity contribution in [2.45, 2.75) is 95.1 Å². The van der Waals surface area contributed by atoms with Crippen LogP contribution in [0.3, 0.4) is 0 Å². The van der Waals surface area contributed by atoms with Gasteiger partial charge in [-0.1, -0.05) is 76.0 Å². The average molecular weight is 677 g/mol. The number of amides is 1. The minimum atomic E-state index is -1.40. The molecule has 0 N–H and O–H groups in total. The fraction of sp³-hybridized carbons (Fsp3) is 0.516. The molecule has 1 saturated carbocycles. The molecule has 258 valence electrons. The molecule has 49 heavy (non-hydrogen) atoms. The van der Waals surface area contributed by atoms with Crippen molar-refractivity contribution in [1.82, 2.24) is 4.90 Å². The zero-order valence-corrected chi connectivity index (χ0v) is 26.9. The van der Waals surface area contributed by atoms with Crippen LogP contribution in [0.2, 0.25) is 0 Å². The molecule has 0 spiro atoms. The summed E-state index contributed by atoms with van der Waals surface area (Å²) in [7, 11) is 0. The van der Waals surface area contributed by atoms with Crippen molar-refractivity contribution in [1.29, 1.82) is 0 Å². The van der Waals surface area contributed by atoms with Gasteiger partial charge in [0, 0.05) is 35.1 Å². The lowest BCUT2D eigenvalue weighted by Crippen LogP contribution is -2.60. The maximum Gasteiger partial charge on any atom is 0.410 e. The third-order valence-electron chi connectivity index (χ3n) is 7.91. The normalized spacial score (nSPS) is 26.0. The first-order chi connectivity index (χ1) is 23.7. The maximum atomic E-state index is 13.4. The van der Waals surface area contributed by atoms with Crippen molar-refractivity contribution in [3.8, 4) is 0 Å². The first-order valence-electron chi connectivity index (χ1n) is 15.5. The van der Waals surface area contributed by atoms with Gasteiger partial charge in [-0.2, -0.15) is 0 Å². The number of ether oxygens (including phenoxy) is 5. The van der Waals surface area contributed by atoms with E-state index in [4.69, 9.17) is 23.7 Å². The van der Waals surface area contributed by atoms with Crippen LogP contribution in [0.15, 0.2) is 76.0 Å². The summed E-state index contributed by atoms with van der Waals surface area (Å²) in [5.74, 6) is -1.53. The number of carbonyl (C=O) groups is 3. The van der Waals surface area contributed by atoms with Crippen molar-refractivity contribution in [2.75, 3.05) is 6.54 Å². The number of rotatable bonds is 13. The molecule has 18 heteroatoms. The fourth-order valence-corrected chi connectivity index (χ4v) is 5.83. The number of esters is 2. The highest BCUT2D eigenvalue weighted by molar-refractivity contribution is 5.68. The lowest BCUT2D eigenvalue weighted by molar-refractivity contribution is -0.259. The van der Waals surface area contributed by atoms with Crippen LogP contribution in [0.25, 0.3) is 31.3 Å². The van der Waals surface area contributed by atoms with Crippen LogP contribution in [0, 0.1) is 0 Å². The smallest absolute Gasteiger partial charge is 0.410 e. The molecule has 2 aromatic rings. The van der Waals surface area contributed by atoms with Gasteiger partial charge in [-0.3, -0.25) is 9.59 Å². The molecule has 2 aliphatic rings. The van der Waals surface area contributed by atoms with Crippen LogP contribution in [0.4, 0.5) is 4.79 Å². The molecule has 18 nitrogen and oxygen atoms in total. The zero-order chi connectivity index (χ0) is 35.2. The monoisotopic (exact) mass is 676 g/mol. The lowest BCUT2D eigenvalue weighted by Gasteiger charge is -2.45. The van der Waals surface area contributed by atoms with Crippen molar-refractivity contribution >= 4 is 18.0 Å². The van der Waals surface area contributed by atoms with Gasteiger partial charge in [0.15, 0.2) is 12.4 Å². The van der Waals surface area contributed by atoms with E-state index in [9.17, 15) is 31.0 Å². The Hall–Kier alpha value is -5.50. The average Bonchev–Trinajstić information content (AvgIpc) is 3.08. The van der Waals surface area contributed by atoms with Gasteiger partial charge in [0.1, 0.15) is 18.8 Å². The van der Waals surface area contributed by atoms with E-state index in [1.807, 2.05) is 60.7 Å². The summed E-state index contributed by atoms with van der Waals surface area (Å²) >= 11 is 0. The number of nitrogens with zero attached hydrogens (tertiary/aromatic N) is 10. The quantitative estimate of drug-likeness (QED) is 0.0795. The second-order valence-electron chi connectivity index (χ2n) is 11.4. The van der Waals surface area contributed by atoms with Gasteiger partial charge in [0.2, 0.25) is 0 Å². The van der Waals surface area contributed by atoms with Gasteiger partial charge in [-0.25, -0.2) is 4.79 Å². The number of hydrogen-bond acceptors (Lipinski definition) is 11. The summed E-state index contributed by atoms with van der Waals surface area (Å²) in [6, 6.07) is 15.5. The summed E-state index contributed by atoms with van der Waals surface area (Å²) in [5.41, 5.74) is 29.5. The zero-order valence-electron chi connectivity index (χ0n) is 26.9. The van der Waals surface area contributed by atoms with Gasteiger partial charge >= 0.3 is 18.0 Å². The lowest BCUT2D eigenvalue weighted by atomic mass is 9.84. The number of azide groups is 3. The second-order valence-corrected chi connectivity index (χ2v) is 11.4. The van der Waals surface area contributed by atoms with Crippen molar-refractivity contribution in [3.63, 3.8) is 0 Å². The summed E-state index contributed by atoms with van der Waals surface area (Å²) in [6.07, 6.45) is -5.97. The first kappa shape index (κ1) is 36.3. The van der Waals surface area contributed by atoms with E-state index in [2.05, 4.69) is 30.1 Å². The molecule has 1 aliphatic carbocycles. The van der Waals surface area contributed by atoms with Gasteiger partial charge in [-0.15, -0.1) is 0 Å². The molecule has 1 amide bonds. The molecule has 2 aromatic carbocycles. The topological polar surface area (TPSA) is 247 Å². The van der Waals surface area contributed by atoms with Crippen LogP contribution in [0.5, 0.6) is 0 Å². The van der Waals surface area contributed by atoms with Crippen LogP contribution in [0.1, 0.15) is 44.2 Å². The molecule has 4 rings (SSSR count).